The molecule has 0 spiro atoms. The van der Waals surface area contributed by atoms with Crippen molar-refractivity contribution in [3.05, 3.63) is 21.9 Å². The van der Waals surface area contributed by atoms with Crippen LogP contribution in [0.1, 0.15) is 34.3 Å². The summed E-state index contributed by atoms with van der Waals surface area (Å²) in [5, 5.41) is 8.93. The number of hydrogen-bond acceptors (Lipinski definition) is 4. The Morgan fingerprint density at radius 1 is 1.47 bits per heavy atom. The summed E-state index contributed by atoms with van der Waals surface area (Å²) in [5.41, 5.74) is 0. The summed E-state index contributed by atoms with van der Waals surface area (Å²) in [4.78, 5) is 17.3. The Hall–Kier alpha value is -0.910. The van der Waals surface area contributed by atoms with Crippen molar-refractivity contribution in [1.29, 1.82) is 0 Å². The molecule has 1 saturated heterocycles. The number of thiophene rings is 1. The van der Waals surface area contributed by atoms with Gasteiger partial charge in [0.05, 0.1) is 0 Å². The summed E-state index contributed by atoms with van der Waals surface area (Å²) in [6.07, 6.45) is 2.42. The minimum absolute atomic E-state index is 0.434. The second-order valence-corrected chi connectivity index (χ2v) is 6.32. The molecule has 2 heterocycles. The van der Waals surface area contributed by atoms with Crippen molar-refractivity contribution in [1.82, 2.24) is 9.80 Å². The number of carbonyl (C=O) groups is 1. The third kappa shape index (κ3) is 3.78. The first-order valence-corrected chi connectivity index (χ1v) is 7.66. The predicted octanol–water partition coefficient (Wildman–Crippen LogP) is 2.36. The van der Waals surface area contributed by atoms with Crippen LogP contribution >= 0.6 is 11.3 Å². The van der Waals surface area contributed by atoms with E-state index in [2.05, 4.69) is 23.8 Å². The van der Waals surface area contributed by atoms with Gasteiger partial charge in [0.1, 0.15) is 4.88 Å². The average molecular weight is 282 g/mol. The van der Waals surface area contributed by atoms with E-state index in [4.69, 9.17) is 5.11 Å². The molecule has 0 aromatic carbocycles. The van der Waals surface area contributed by atoms with Crippen molar-refractivity contribution in [2.75, 3.05) is 26.7 Å². The first-order valence-electron chi connectivity index (χ1n) is 6.84. The van der Waals surface area contributed by atoms with Crippen molar-refractivity contribution >= 4 is 17.3 Å². The number of carboxylic acid groups (broad SMARTS) is 1. The molecular formula is C14H22N2O2S. The quantitative estimate of drug-likeness (QED) is 0.900. The highest BCUT2D eigenvalue weighted by molar-refractivity contribution is 7.13. The highest BCUT2D eigenvalue weighted by atomic mass is 32.1. The highest BCUT2D eigenvalue weighted by Gasteiger charge is 2.22. The topological polar surface area (TPSA) is 43.8 Å². The lowest BCUT2D eigenvalue weighted by atomic mass is 10.0. The summed E-state index contributed by atoms with van der Waals surface area (Å²) >= 11 is 1.39. The Labute approximate surface area is 118 Å². The molecule has 1 aliphatic rings. The molecule has 4 nitrogen and oxygen atoms in total. The Morgan fingerprint density at radius 3 is 2.68 bits per heavy atom. The molecule has 0 radical (unpaired) electrons. The fraction of sp³-hybridized carbons (Fsp3) is 0.643. The van der Waals surface area contributed by atoms with Gasteiger partial charge in [-0.05, 0) is 51.7 Å². The highest BCUT2D eigenvalue weighted by Crippen LogP contribution is 2.21. The molecular weight excluding hydrogens is 260 g/mol. The maximum atomic E-state index is 10.9. The third-order valence-electron chi connectivity index (χ3n) is 3.91. The van der Waals surface area contributed by atoms with E-state index in [1.807, 2.05) is 6.07 Å². The van der Waals surface area contributed by atoms with Gasteiger partial charge in [0.2, 0.25) is 0 Å². The molecule has 1 fully saturated rings. The van der Waals surface area contributed by atoms with Crippen molar-refractivity contribution in [2.45, 2.75) is 32.4 Å². The molecule has 0 bridgehead atoms. The van der Waals surface area contributed by atoms with Gasteiger partial charge in [0.25, 0.3) is 0 Å². The van der Waals surface area contributed by atoms with Crippen molar-refractivity contribution < 1.29 is 9.90 Å². The number of rotatable bonds is 5. The van der Waals surface area contributed by atoms with E-state index in [-0.39, 0.29) is 0 Å². The summed E-state index contributed by atoms with van der Waals surface area (Å²) in [5.74, 6) is -0.824. The molecule has 5 heteroatoms. The molecule has 0 amide bonds. The smallest absolute Gasteiger partial charge is 0.345 e. The van der Waals surface area contributed by atoms with Crippen LogP contribution in [0, 0.1) is 0 Å². The Bertz CT molecular complexity index is 425. The standard InChI is InChI=1S/C14H22N2O2S/c1-3-16-8-6-11(7-9-16)15(2)10-12-4-5-13(19-12)14(17)18/h4-5,11H,3,6-10H2,1-2H3,(H,17,18). The number of piperidine rings is 1. The summed E-state index contributed by atoms with van der Waals surface area (Å²) in [7, 11) is 2.15. The van der Waals surface area contributed by atoms with E-state index in [1.54, 1.807) is 6.07 Å². The number of nitrogens with zero attached hydrogens (tertiary/aromatic N) is 2. The average Bonchev–Trinajstić information content (AvgIpc) is 2.87. The molecule has 1 aliphatic heterocycles. The van der Waals surface area contributed by atoms with E-state index >= 15 is 0 Å². The molecule has 0 atom stereocenters. The largest absolute Gasteiger partial charge is 0.477 e. The molecule has 2 rings (SSSR count). The SMILES string of the molecule is CCN1CCC(N(C)Cc2ccc(C(=O)O)s2)CC1. The number of hydrogen-bond donors (Lipinski definition) is 1. The normalized spacial score (nSPS) is 18.1. The van der Waals surface area contributed by atoms with Crippen LogP contribution in [-0.4, -0.2) is 53.6 Å². The van der Waals surface area contributed by atoms with E-state index in [1.165, 1.54) is 37.3 Å². The fourth-order valence-electron chi connectivity index (χ4n) is 2.63. The van der Waals surface area contributed by atoms with Gasteiger partial charge in [-0.2, -0.15) is 0 Å². The zero-order chi connectivity index (χ0) is 13.8. The van der Waals surface area contributed by atoms with Crippen LogP contribution in [0.2, 0.25) is 0 Å². The van der Waals surface area contributed by atoms with Crippen molar-refractivity contribution in [3.8, 4) is 0 Å². The van der Waals surface area contributed by atoms with E-state index in [0.717, 1.165) is 18.0 Å². The second-order valence-electron chi connectivity index (χ2n) is 5.15. The number of carboxylic acids is 1. The summed E-state index contributed by atoms with van der Waals surface area (Å²) in [6.45, 7) is 6.56. The summed E-state index contributed by atoms with van der Waals surface area (Å²) in [6, 6.07) is 4.26. The maximum Gasteiger partial charge on any atom is 0.345 e. The molecule has 0 saturated carbocycles. The third-order valence-corrected chi connectivity index (χ3v) is 4.96. The number of likely N-dealkylation sites (tertiary alicyclic amines) is 1. The van der Waals surface area contributed by atoms with E-state index in [9.17, 15) is 4.79 Å². The van der Waals surface area contributed by atoms with Gasteiger partial charge in [-0.1, -0.05) is 6.92 Å². The van der Waals surface area contributed by atoms with Crippen LogP contribution in [0.4, 0.5) is 0 Å². The molecule has 1 aromatic heterocycles. The van der Waals surface area contributed by atoms with E-state index < -0.39 is 5.97 Å². The zero-order valence-electron chi connectivity index (χ0n) is 11.6. The minimum Gasteiger partial charge on any atom is -0.477 e. The van der Waals surface area contributed by atoms with Gasteiger partial charge in [-0.3, -0.25) is 4.90 Å². The zero-order valence-corrected chi connectivity index (χ0v) is 12.4. The maximum absolute atomic E-state index is 10.9. The lowest BCUT2D eigenvalue weighted by Gasteiger charge is -2.36. The lowest BCUT2D eigenvalue weighted by molar-refractivity contribution is 0.0702. The van der Waals surface area contributed by atoms with Crippen LogP contribution in [0.3, 0.4) is 0 Å². The second kappa shape index (κ2) is 6.50. The molecule has 0 unspecified atom stereocenters. The number of aromatic carboxylic acids is 1. The molecule has 1 aromatic rings. The van der Waals surface area contributed by atoms with Crippen LogP contribution in [0.5, 0.6) is 0 Å². The molecule has 106 valence electrons. The van der Waals surface area contributed by atoms with E-state index in [0.29, 0.717) is 10.9 Å². The molecule has 19 heavy (non-hydrogen) atoms. The predicted molar refractivity (Wildman–Crippen MR) is 77.9 cm³/mol. The van der Waals surface area contributed by atoms with Gasteiger partial charge in [0.15, 0.2) is 0 Å². The van der Waals surface area contributed by atoms with Crippen LogP contribution < -0.4 is 0 Å². The van der Waals surface area contributed by atoms with Crippen LogP contribution in [0.25, 0.3) is 0 Å². The van der Waals surface area contributed by atoms with Crippen molar-refractivity contribution in [2.24, 2.45) is 0 Å². The van der Waals surface area contributed by atoms with Gasteiger partial charge >= 0.3 is 5.97 Å². The first-order chi connectivity index (χ1) is 9.10. The molecule has 0 aliphatic carbocycles. The monoisotopic (exact) mass is 282 g/mol. The minimum atomic E-state index is -0.824. The Kier molecular flexibility index (Phi) is 4.96. The molecule has 1 N–H and O–H groups in total. The van der Waals surface area contributed by atoms with Crippen LogP contribution in [-0.2, 0) is 6.54 Å². The lowest BCUT2D eigenvalue weighted by Crippen LogP contribution is -2.42. The van der Waals surface area contributed by atoms with Crippen LogP contribution in [0.15, 0.2) is 12.1 Å². The Morgan fingerprint density at radius 2 is 2.16 bits per heavy atom. The fourth-order valence-corrected chi connectivity index (χ4v) is 3.54. The van der Waals surface area contributed by atoms with Gasteiger partial charge in [-0.15, -0.1) is 11.3 Å². The summed E-state index contributed by atoms with van der Waals surface area (Å²) < 4.78 is 0. The van der Waals surface area contributed by atoms with Gasteiger partial charge in [0, 0.05) is 17.5 Å². The van der Waals surface area contributed by atoms with Gasteiger partial charge in [-0.25, -0.2) is 4.79 Å². The van der Waals surface area contributed by atoms with Gasteiger partial charge < -0.3 is 10.0 Å². The first kappa shape index (κ1) is 14.5. The Balaban J connectivity index is 1.86. The van der Waals surface area contributed by atoms with Crippen molar-refractivity contribution in [3.63, 3.8) is 0 Å².